The van der Waals surface area contributed by atoms with Crippen LogP contribution in [0, 0.1) is 0 Å². The molecule has 0 unspecified atom stereocenters. The van der Waals surface area contributed by atoms with Crippen LogP contribution < -0.4 is 10.7 Å². The molecule has 3 rings (SSSR count). The molecule has 0 amide bonds. The van der Waals surface area contributed by atoms with Gasteiger partial charge in [0, 0.05) is 18.1 Å². The van der Waals surface area contributed by atoms with Crippen LogP contribution in [-0.2, 0) is 6.54 Å². The van der Waals surface area contributed by atoms with Crippen LogP contribution in [-0.4, -0.2) is 21.3 Å². The third-order valence-electron chi connectivity index (χ3n) is 3.28. The van der Waals surface area contributed by atoms with Gasteiger partial charge >= 0.3 is 0 Å². The number of hydrogen-bond acceptors (Lipinski definition) is 4. The summed E-state index contributed by atoms with van der Waals surface area (Å²) in [5, 5.41) is 8.07. The van der Waals surface area contributed by atoms with E-state index in [0.29, 0.717) is 11.9 Å². The molecule has 2 aromatic heterocycles. The number of fused-ring (bicyclic) bond motifs is 1. The Labute approximate surface area is 122 Å². The van der Waals surface area contributed by atoms with Crippen LogP contribution in [0.3, 0.4) is 0 Å². The summed E-state index contributed by atoms with van der Waals surface area (Å²) in [5.41, 5.74) is 1.82. The van der Waals surface area contributed by atoms with Crippen LogP contribution in [0.5, 0.6) is 0 Å². The number of hydrogen-bond donors (Lipinski definition) is 1. The Morgan fingerprint density at radius 1 is 1.14 bits per heavy atom. The summed E-state index contributed by atoms with van der Waals surface area (Å²) in [7, 11) is 0. The van der Waals surface area contributed by atoms with Gasteiger partial charge in [0.1, 0.15) is 5.82 Å². The molecule has 5 heteroatoms. The van der Waals surface area contributed by atoms with Crippen LogP contribution >= 0.6 is 0 Å². The van der Waals surface area contributed by atoms with Crippen LogP contribution in [0.1, 0.15) is 12.5 Å². The van der Waals surface area contributed by atoms with Gasteiger partial charge in [0.2, 0.25) is 5.43 Å². The summed E-state index contributed by atoms with van der Waals surface area (Å²) in [6, 6.07) is 11.5. The molecule has 0 saturated carbocycles. The van der Waals surface area contributed by atoms with Crippen molar-refractivity contribution in [2.45, 2.75) is 13.5 Å². The average Bonchev–Trinajstić information content (AvgIpc) is 2.52. The van der Waals surface area contributed by atoms with Gasteiger partial charge in [-0.3, -0.25) is 9.48 Å². The normalized spacial score (nSPS) is 10.7. The third-order valence-corrected chi connectivity index (χ3v) is 3.28. The fourth-order valence-electron chi connectivity index (χ4n) is 2.26. The molecule has 0 bridgehead atoms. The molecule has 0 aliphatic heterocycles. The van der Waals surface area contributed by atoms with Gasteiger partial charge in [-0.1, -0.05) is 18.2 Å². The van der Waals surface area contributed by atoms with E-state index >= 15 is 0 Å². The first-order chi connectivity index (χ1) is 10.3. The maximum Gasteiger partial charge on any atom is 0.207 e. The van der Waals surface area contributed by atoms with E-state index in [9.17, 15) is 4.79 Å². The Balaban J connectivity index is 1.95. The molecule has 0 aliphatic carbocycles. The van der Waals surface area contributed by atoms with Crippen molar-refractivity contribution in [1.82, 2.24) is 14.8 Å². The van der Waals surface area contributed by atoms with Crippen molar-refractivity contribution in [3.8, 4) is 0 Å². The Morgan fingerprint density at radius 3 is 2.76 bits per heavy atom. The number of aromatic nitrogens is 3. The van der Waals surface area contributed by atoms with E-state index < -0.39 is 0 Å². The second-order valence-electron chi connectivity index (χ2n) is 4.77. The van der Waals surface area contributed by atoms with Gasteiger partial charge in [0.05, 0.1) is 18.3 Å². The molecule has 0 spiro atoms. The summed E-state index contributed by atoms with van der Waals surface area (Å²) in [6.45, 7) is 3.46. The fourth-order valence-corrected chi connectivity index (χ4v) is 2.26. The molecule has 1 N–H and O–H groups in total. The van der Waals surface area contributed by atoms with Gasteiger partial charge < -0.3 is 5.32 Å². The molecule has 0 aliphatic rings. The minimum Gasteiger partial charge on any atom is -0.370 e. The molecule has 0 fully saturated rings. The minimum atomic E-state index is -0.0533. The summed E-state index contributed by atoms with van der Waals surface area (Å²) in [5.74, 6) is 0.860. The predicted molar refractivity (Wildman–Crippen MR) is 83.5 cm³/mol. The topological polar surface area (TPSA) is 59.8 Å². The largest absolute Gasteiger partial charge is 0.370 e. The maximum absolute atomic E-state index is 11.8. The van der Waals surface area contributed by atoms with Crippen molar-refractivity contribution in [3.63, 3.8) is 0 Å². The van der Waals surface area contributed by atoms with E-state index in [4.69, 9.17) is 0 Å². The Hall–Kier alpha value is -2.69. The first-order valence-electron chi connectivity index (χ1n) is 6.91. The Bertz CT molecular complexity index is 808. The molecule has 0 atom stereocenters. The first kappa shape index (κ1) is 13.3. The van der Waals surface area contributed by atoms with Crippen LogP contribution in [0.2, 0.25) is 0 Å². The second kappa shape index (κ2) is 5.75. The number of nitrogens with zero attached hydrogens (tertiary/aromatic N) is 3. The lowest BCUT2D eigenvalue weighted by Gasteiger charge is -2.09. The van der Waals surface area contributed by atoms with Crippen molar-refractivity contribution in [2.75, 3.05) is 11.9 Å². The average molecular weight is 280 g/mol. The highest BCUT2D eigenvalue weighted by Crippen LogP contribution is 2.11. The predicted octanol–water partition coefficient (Wildman–Crippen LogP) is 2.27. The number of anilines is 1. The van der Waals surface area contributed by atoms with E-state index in [2.05, 4.69) is 15.4 Å². The summed E-state index contributed by atoms with van der Waals surface area (Å²) in [6.07, 6.45) is 3.19. The first-order valence-corrected chi connectivity index (χ1v) is 6.91. The lowest BCUT2D eigenvalue weighted by molar-refractivity contribution is 0.693. The van der Waals surface area contributed by atoms with Gasteiger partial charge in [-0.25, -0.2) is 4.98 Å². The van der Waals surface area contributed by atoms with Gasteiger partial charge in [0.25, 0.3) is 0 Å². The van der Waals surface area contributed by atoms with Crippen LogP contribution in [0.15, 0.2) is 53.6 Å². The van der Waals surface area contributed by atoms with Gasteiger partial charge in [-0.2, -0.15) is 5.10 Å². The number of nitrogens with one attached hydrogen (secondary N) is 1. The molecule has 21 heavy (non-hydrogen) atoms. The number of benzene rings is 1. The molecular weight excluding hydrogens is 264 g/mol. The quantitative estimate of drug-likeness (QED) is 0.796. The second-order valence-corrected chi connectivity index (χ2v) is 4.77. The molecule has 2 heterocycles. The monoisotopic (exact) mass is 280 g/mol. The van der Waals surface area contributed by atoms with Gasteiger partial charge in [-0.05, 0) is 30.7 Å². The summed E-state index contributed by atoms with van der Waals surface area (Å²) in [4.78, 5) is 16.2. The highest BCUT2D eigenvalue weighted by Gasteiger charge is 2.04. The highest BCUT2D eigenvalue weighted by molar-refractivity contribution is 5.77. The van der Waals surface area contributed by atoms with E-state index in [-0.39, 0.29) is 5.43 Å². The van der Waals surface area contributed by atoms with E-state index in [1.54, 1.807) is 0 Å². The molecular formula is C16H16N4O. The van der Waals surface area contributed by atoms with E-state index in [1.807, 2.05) is 54.2 Å². The summed E-state index contributed by atoms with van der Waals surface area (Å²) < 4.78 is 1.82. The zero-order valence-electron chi connectivity index (χ0n) is 11.8. The summed E-state index contributed by atoms with van der Waals surface area (Å²) >= 11 is 0. The minimum absolute atomic E-state index is 0.0533. The zero-order chi connectivity index (χ0) is 14.7. The van der Waals surface area contributed by atoms with Crippen molar-refractivity contribution in [1.29, 1.82) is 0 Å². The van der Waals surface area contributed by atoms with E-state index in [0.717, 1.165) is 23.4 Å². The maximum atomic E-state index is 11.8. The Morgan fingerprint density at radius 2 is 2.00 bits per heavy atom. The highest BCUT2D eigenvalue weighted by atomic mass is 16.1. The standard InChI is InChI=1S/C16H16N4O/c1-2-17-16-8-7-12(9-18-16)11-20-14-6-4-3-5-13(14)15(21)10-19-20/h3-10H,2,11H2,1H3,(H,17,18). The molecule has 0 saturated heterocycles. The van der Waals surface area contributed by atoms with Crippen molar-refractivity contribution in [3.05, 3.63) is 64.6 Å². The van der Waals surface area contributed by atoms with E-state index in [1.165, 1.54) is 6.20 Å². The van der Waals surface area contributed by atoms with Gasteiger partial charge in [0.15, 0.2) is 0 Å². The number of rotatable bonds is 4. The van der Waals surface area contributed by atoms with Gasteiger partial charge in [-0.15, -0.1) is 0 Å². The van der Waals surface area contributed by atoms with Crippen LogP contribution in [0.25, 0.3) is 10.9 Å². The smallest absolute Gasteiger partial charge is 0.207 e. The molecule has 1 aromatic carbocycles. The third kappa shape index (κ3) is 2.76. The number of para-hydroxylation sites is 1. The lowest BCUT2D eigenvalue weighted by atomic mass is 10.2. The van der Waals surface area contributed by atoms with Crippen molar-refractivity contribution < 1.29 is 0 Å². The molecule has 106 valence electrons. The SMILES string of the molecule is CCNc1ccc(Cn2ncc(=O)c3ccccc32)cn1. The fraction of sp³-hybridized carbons (Fsp3) is 0.188. The Kier molecular flexibility index (Phi) is 3.64. The van der Waals surface area contributed by atoms with Crippen molar-refractivity contribution >= 4 is 16.7 Å². The lowest BCUT2D eigenvalue weighted by Crippen LogP contribution is -2.13. The molecule has 0 radical (unpaired) electrons. The molecule has 5 nitrogen and oxygen atoms in total. The van der Waals surface area contributed by atoms with Crippen molar-refractivity contribution in [2.24, 2.45) is 0 Å². The zero-order valence-corrected chi connectivity index (χ0v) is 11.8. The van der Waals surface area contributed by atoms with Crippen LogP contribution in [0.4, 0.5) is 5.82 Å². The number of pyridine rings is 1. The molecule has 3 aromatic rings.